The van der Waals surface area contributed by atoms with Gasteiger partial charge in [0.15, 0.2) is 0 Å². The summed E-state index contributed by atoms with van der Waals surface area (Å²) in [5.41, 5.74) is 3.42. The summed E-state index contributed by atoms with van der Waals surface area (Å²) in [5, 5.41) is 24.9. The summed E-state index contributed by atoms with van der Waals surface area (Å²) in [5.74, 6) is -1.51. The molecule has 0 unspecified atom stereocenters. The first-order valence-electron chi connectivity index (χ1n) is 9.88. The van der Waals surface area contributed by atoms with E-state index in [-0.39, 0.29) is 18.5 Å². The van der Waals surface area contributed by atoms with Gasteiger partial charge in [0.05, 0.1) is 12.1 Å². The summed E-state index contributed by atoms with van der Waals surface area (Å²) in [6.45, 7) is 0.560. The predicted octanol–water partition coefficient (Wildman–Crippen LogP) is 3.96. The molecule has 0 aliphatic rings. The van der Waals surface area contributed by atoms with Crippen molar-refractivity contribution in [3.05, 3.63) is 95.6 Å². The number of rotatable bonds is 9. The minimum Gasteiger partial charge on any atom is -0.465 e. The first-order chi connectivity index (χ1) is 14.9. The number of hydrogen-bond donors (Lipinski definition) is 4. The maximum Gasteiger partial charge on any atom is 0.404 e. The number of aliphatic hydroxyl groups excluding tert-OH is 1. The zero-order valence-electron chi connectivity index (χ0n) is 16.8. The predicted molar refractivity (Wildman–Crippen MR) is 115 cm³/mol. The highest BCUT2D eigenvalue weighted by molar-refractivity contribution is 5.65. The lowest BCUT2D eigenvalue weighted by atomic mass is 10.0. The van der Waals surface area contributed by atoms with Crippen LogP contribution in [-0.2, 0) is 13.0 Å². The van der Waals surface area contributed by atoms with Crippen molar-refractivity contribution in [3.63, 3.8) is 0 Å². The molecule has 3 aromatic carbocycles. The van der Waals surface area contributed by atoms with Gasteiger partial charge >= 0.3 is 6.09 Å². The van der Waals surface area contributed by atoms with Crippen molar-refractivity contribution in [1.82, 2.24) is 10.6 Å². The second kappa shape index (κ2) is 10.7. The molecule has 0 spiro atoms. The molecule has 0 saturated carbocycles. The Bertz CT molecular complexity index is 994. The second-order valence-electron chi connectivity index (χ2n) is 7.30. The van der Waals surface area contributed by atoms with Crippen LogP contribution < -0.4 is 10.6 Å². The largest absolute Gasteiger partial charge is 0.465 e. The average Bonchev–Trinajstić information content (AvgIpc) is 2.73. The van der Waals surface area contributed by atoms with Crippen LogP contribution in [0.4, 0.5) is 13.6 Å². The van der Waals surface area contributed by atoms with E-state index in [1.807, 2.05) is 54.6 Å². The Balaban J connectivity index is 1.60. The number of halogens is 2. The number of amides is 1. The van der Waals surface area contributed by atoms with Crippen molar-refractivity contribution in [2.45, 2.75) is 25.1 Å². The number of nitrogens with one attached hydrogen (secondary N) is 2. The van der Waals surface area contributed by atoms with Crippen molar-refractivity contribution in [2.24, 2.45) is 0 Å². The standard InChI is InChI=1S/C24H24F2N2O3/c25-20-10-17(11-21(26)13-20)12-22(28-24(30)31)23(29)15-27-14-16-5-4-8-19(9-16)18-6-2-1-3-7-18/h1-11,13,22-23,27-29H,12,14-15H2,(H,30,31)/t22-,23+/m0/s1. The molecule has 3 aromatic rings. The zero-order chi connectivity index (χ0) is 22.2. The Labute approximate surface area is 179 Å². The minimum absolute atomic E-state index is 0.0483. The lowest BCUT2D eigenvalue weighted by Crippen LogP contribution is -2.48. The number of carboxylic acid groups (broad SMARTS) is 1. The van der Waals surface area contributed by atoms with Crippen LogP contribution in [-0.4, -0.2) is 35.0 Å². The maximum absolute atomic E-state index is 13.4. The van der Waals surface area contributed by atoms with Gasteiger partial charge in [0.1, 0.15) is 11.6 Å². The van der Waals surface area contributed by atoms with Crippen LogP contribution in [0.15, 0.2) is 72.8 Å². The summed E-state index contributed by atoms with van der Waals surface area (Å²) >= 11 is 0. The van der Waals surface area contributed by atoms with Gasteiger partial charge in [-0.2, -0.15) is 0 Å². The van der Waals surface area contributed by atoms with Crippen LogP contribution in [0.25, 0.3) is 11.1 Å². The molecule has 1 amide bonds. The van der Waals surface area contributed by atoms with E-state index in [9.17, 15) is 18.7 Å². The van der Waals surface area contributed by atoms with Crippen molar-refractivity contribution in [3.8, 4) is 11.1 Å². The van der Waals surface area contributed by atoms with Gasteiger partial charge in [-0.05, 0) is 46.9 Å². The van der Waals surface area contributed by atoms with Crippen LogP contribution in [0.1, 0.15) is 11.1 Å². The minimum atomic E-state index is -1.32. The molecule has 0 bridgehead atoms. The topological polar surface area (TPSA) is 81.6 Å². The van der Waals surface area contributed by atoms with Crippen LogP contribution in [0, 0.1) is 11.6 Å². The summed E-state index contributed by atoms with van der Waals surface area (Å²) < 4.78 is 26.9. The maximum atomic E-state index is 13.4. The van der Waals surface area contributed by atoms with Gasteiger partial charge in [0, 0.05) is 19.2 Å². The van der Waals surface area contributed by atoms with Crippen LogP contribution in [0.5, 0.6) is 0 Å². The highest BCUT2D eigenvalue weighted by atomic mass is 19.1. The molecule has 2 atom stereocenters. The summed E-state index contributed by atoms with van der Waals surface area (Å²) in [4.78, 5) is 11.1. The SMILES string of the molecule is O=C(O)N[C@@H](Cc1cc(F)cc(F)c1)[C@H](O)CNCc1cccc(-c2ccccc2)c1. The van der Waals surface area contributed by atoms with E-state index in [0.29, 0.717) is 6.54 Å². The Morgan fingerprint density at radius 1 is 0.871 bits per heavy atom. The van der Waals surface area contributed by atoms with Gasteiger partial charge in [-0.1, -0.05) is 48.5 Å². The van der Waals surface area contributed by atoms with E-state index < -0.39 is 29.9 Å². The molecule has 4 N–H and O–H groups in total. The molecule has 0 aliphatic heterocycles. The van der Waals surface area contributed by atoms with E-state index >= 15 is 0 Å². The molecule has 5 nitrogen and oxygen atoms in total. The molecular formula is C24H24F2N2O3. The Kier molecular flexibility index (Phi) is 7.70. The third-order valence-corrected chi connectivity index (χ3v) is 4.87. The Morgan fingerprint density at radius 2 is 1.55 bits per heavy atom. The molecule has 0 aromatic heterocycles. The Morgan fingerprint density at radius 3 is 2.23 bits per heavy atom. The van der Waals surface area contributed by atoms with Gasteiger partial charge < -0.3 is 20.8 Å². The zero-order valence-corrected chi connectivity index (χ0v) is 16.8. The highest BCUT2D eigenvalue weighted by Gasteiger charge is 2.22. The smallest absolute Gasteiger partial charge is 0.404 e. The van der Waals surface area contributed by atoms with Crippen molar-refractivity contribution >= 4 is 6.09 Å². The number of carbonyl (C=O) groups is 1. The van der Waals surface area contributed by atoms with E-state index in [1.165, 1.54) is 0 Å². The molecule has 162 valence electrons. The van der Waals surface area contributed by atoms with E-state index in [0.717, 1.165) is 34.9 Å². The summed E-state index contributed by atoms with van der Waals surface area (Å²) in [6.07, 6.45) is -2.47. The van der Waals surface area contributed by atoms with Gasteiger partial charge in [0.2, 0.25) is 0 Å². The van der Waals surface area contributed by atoms with E-state index in [2.05, 4.69) is 10.6 Å². The number of benzene rings is 3. The van der Waals surface area contributed by atoms with Gasteiger partial charge in [-0.15, -0.1) is 0 Å². The van der Waals surface area contributed by atoms with Gasteiger partial charge in [-0.3, -0.25) is 0 Å². The molecule has 31 heavy (non-hydrogen) atoms. The molecular weight excluding hydrogens is 402 g/mol. The number of hydrogen-bond acceptors (Lipinski definition) is 3. The van der Waals surface area contributed by atoms with Crippen molar-refractivity contribution in [1.29, 1.82) is 0 Å². The fourth-order valence-corrected chi connectivity index (χ4v) is 3.42. The molecule has 0 heterocycles. The fraction of sp³-hybridized carbons (Fsp3) is 0.208. The highest BCUT2D eigenvalue weighted by Crippen LogP contribution is 2.20. The summed E-state index contributed by atoms with van der Waals surface area (Å²) in [7, 11) is 0. The normalized spacial score (nSPS) is 12.9. The number of aliphatic hydroxyl groups is 1. The van der Waals surface area contributed by atoms with Crippen molar-refractivity contribution < 1.29 is 23.8 Å². The third kappa shape index (κ3) is 6.87. The van der Waals surface area contributed by atoms with Gasteiger partial charge in [-0.25, -0.2) is 13.6 Å². The molecule has 3 rings (SSSR count). The lowest BCUT2D eigenvalue weighted by molar-refractivity contribution is 0.117. The van der Waals surface area contributed by atoms with Crippen molar-refractivity contribution in [2.75, 3.05) is 6.54 Å². The third-order valence-electron chi connectivity index (χ3n) is 4.87. The monoisotopic (exact) mass is 426 g/mol. The Hall–Kier alpha value is -3.29. The molecule has 0 saturated heterocycles. The van der Waals surface area contributed by atoms with Gasteiger partial charge in [0.25, 0.3) is 0 Å². The molecule has 0 radical (unpaired) electrons. The molecule has 0 aliphatic carbocycles. The van der Waals surface area contributed by atoms with Crippen LogP contribution in [0.2, 0.25) is 0 Å². The fourth-order valence-electron chi connectivity index (χ4n) is 3.42. The first kappa shape index (κ1) is 22.4. The average molecular weight is 426 g/mol. The van der Waals surface area contributed by atoms with Crippen LogP contribution in [0.3, 0.4) is 0 Å². The molecule has 0 fully saturated rings. The quantitative estimate of drug-likeness (QED) is 0.418. The second-order valence-corrected chi connectivity index (χ2v) is 7.30. The first-order valence-corrected chi connectivity index (χ1v) is 9.88. The van der Waals surface area contributed by atoms with E-state index in [4.69, 9.17) is 5.11 Å². The van der Waals surface area contributed by atoms with Crippen LogP contribution >= 0.6 is 0 Å². The lowest BCUT2D eigenvalue weighted by Gasteiger charge is -2.23. The molecule has 7 heteroatoms. The summed E-state index contributed by atoms with van der Waals surface area (Å²) in [6, 6.07) is 19.9. The van der Waals surface area contributed by atoms with E-state index in [1.54, 1.807) is 0 Å².